The molecule has 1 aliphatic heterocycles. The van der Waals surface area contributed by atoms with Gasteiger partial charge in [0.2, 0.25) is 11.8 Å². The lowest BCUT2D eigenvalue weighted by atomic mass is 9.48. The summed E-state index contributed by atoms with van der Waals surface area (Å²) in [6, 6.07) is 3.75. The first-order chi connectivity index (χ1) is 15.1. The van der Waals surface area contributed by atoms with Crippen molar-refractivity contribution in [1.82, 2.24) is 9.88 Å². The highest BCUT2D eigenvalue weighted by Crippen LogP contribution is 2.65. The van der Waals surface area contributed by atoms with E-state index in [1.165, 1.54) is 43.4 Å². The molecule has 32 heavy (non-hydrogen) atoms. The van der Waals surface area contributed by atoms with E-state index in [1.54, 1.807) is 6.20 Å². The summed E-state index contributed by atoms with van der Waals surface area (Å²) in [5, 5.41) is 2.93. The number of allylic oxidation sites excluding steroid dienone is 2. The molecule has 5 rings (SSSR count). The van der Waals surface area contributed by atoms with E-state index < -0.39 is 5.92 Å². The third-order valence-electron chi connectivity index (χ3n) is 9.60. The zero-order valence-electron chi connectivity index (χ0n) is 20.2. The summed E-state index contributed by atoms with van der Waals surface area (Å²) in [7, 11) is 1.88. The Hall–Kier alpha value is -2.17. The second-order valence-corrected chi connectivity index (χ2v) is 11.6. The molecular formula is C27H37N3O2. The zero-order valence-corrected chi connectivity index (χ0v) is 20.2. The molecule has 3 aliphatic carbocycles. The van der Waals surface area contributed by atoms with E-state index in [-0.39, 0.29) is 17.2 Å². The molecule has 4 aliphatic rings. The molecule has 5 heteroatoms. The SMILES string of the molecule is CC1=C2N(C)C(=O)C(C(=O)Nc3cc(C)ccn3)C[C@]2(C)[C@@H]2CC[C@]3(C)CCC[C@H]3[C@@H]2C1. The molecule has 6 atom stereocenters. The van der Waals surface area contributed by atoms with Gasteiger partial charge in [0.25, 0.3) is 0 Å². The van der Waals surface area contributed by atoms with Gasteiger partial charge in [-0.2, -0.15) is 0 Å². The summed E-state index contributed by atoms with van der Waals surface area (Å²) in [6.45, 7) is 9.05. The number of aryl methyl sites for hydroxylation is 1. The Morgan fingerprint density at radius 1 is 1.19 bits per heavy atom. The Labute approximate surface area is 192 Å². The number of hydrogen-bond donors (Lipinski definition) is 1. The van der Waals surface area contributed by atoms with Gasteiger partial charge in [-0.15, -0.1) is 0 Å². The number of anilines is 1. The van der Waals surface area contributed by atoms with Crippen molar-refractivity contribution in [3.63, 3.8) is 0 Å². The number of fused-ring (bicyclic) bond motifs is 5. The second kappa shape index (κ2) is 7.43. The van der Waals surface area contributed by atoms with Crippen LogP contribution >= 0.6 is 0 Å². The van der Waals surface area contributed by atoms with E-state index in [1.807, 2.05) is 31.0 Å². The fourth-order valence-corrected chi connectivity index (χ4v) is 8.27. The standard InChI is InChI=1S/C27H37N3O2/c1-16-9-12-28-22(13-16)29-24(31)19-15-27(4)21-8-11-26(3)10-6-7-20(26)18(21)14-17(2)23(27)30(5)25(19)32/h9,12-13,18-21H,6-8,10-11,14-15H2,1-5H3,(H,28,29,31)/t18-,19?,20-,21+,26-,27+/m0/s1. The number of pyridine rings is 1. The summed E-state index contributed by atoms with van der Waals surface area (Å²) in [4.78, 5) is 32.8. The predicted octanol–water partition coefficient (Wildman–Crippen LogP) is 5.32. The van der Waals surface area contributed by atoms with Crippen molar-refractivity contribution in [2.24, 2.45) is 34.5 Å². The minimum atomic E-state index is -0.667. The Bertz CT molecular complexity index is 1000. The van der Waals surface area contributed by atoms with Crippen molar-refractivity contribution in [3.05, 3.63) is 35.2 Å². The van der Waals surface area contributed by atoms with Gasteiger partial charge in [0, 0.05) is 24.4 Å². The molecular weight excluding hydrogens is 398 g/mol. The lowest BCUT2D eigenvalue weighted by molar-refractivity contribution is -0.147. The zero-order chi connectivity index (χ0) is 22.8. The first-order valence-corrected chi connectivity index (χ1v) is 12.4. The molecule has 5 nitrogen and oxygen atoms in total. The number of likely N-dealkylation sites (tertiary alicyclic amines) is 1. The maximum atomic E-state index is 13.4. The molecule has 0 bridgehead atoms. The minimum Gasteiger partial charge on any atom is -0.318 e. The lowest BCUT2D eigenvalue weighted by Crippen LogP contribution is -2.57. The molecule has 0 spiro atoms. The maximum absolute atomic E-state index is 13.4. The van der Waals surface area contributed by atoms with Gasteiger partial charge < -0.3 is 10.2 Å². The fourth-order valence-electron chi connectivity index (χ4n) is 8.27. The number of nitrogens with zero attached hydrogens (tertiary/aromatic N) is 2. The average Bonchev–Trinajstić information content (AvgIpc) is 3.13. The van der Waals surface area contributed by atoms with Crippen LogP contribution < -0.4 is 5.32 Å². The second-order valence-electron chi connectivity index (χ2n) is 11.6. The van der Waals surface area contributed by atoms with Crippen molar-refractivity contribution < 1.29 is 9.59 Å². The summed E-state index contributed by atoms with van der Waals surface area (Å²) < 4.78 is 0. The van der Waals surface area contributed by atoms with Gasteiger partial charge in [-0.05, 0) is 93.2 Å². The van der Waals surface area contributed by atoms with Crippen LogP contribution in [0.5, 0.6) is 0 Å². The highest BCUT2D eigenvalue weighted by Gasteiger charge is 2.60. The molecule has 2 heterocycles. The van der Waals surface area contributed by atoms with Gasteiger partial charge >= 0.3 is 0 Å². The van der Waals surface area contributed by atoms with Gasteiger partial charge in [0.15, 0.2) is 0 Å². The Kier molecular flexibility index (Phi) is 5.03. The third kappa shape index (κ3) is 3.14. The fraction of sp³-hybridized carbons (Fsp3) is 0.667. The van der Waals surface area contributed by atoms with Crippen LogP contribution in [0.25, 0.3) is 0 Å². The summed E-state index contributed by atoms with van der Waals surface area (Å²) in [5.74, 6) is 1.55. The van der Waals surface area contributed by atoms with Gasteiger partial charge in [-0.3, -0.25) is 9.59 Å². The van der Waals surface area contributed by atoms with E-state index in [9.17, 15) is 9.59 Å². The number of rotatable bonds is 2. The molecule has 1 N–H and O–H groups in total. The van der Waals surface area contributed by atoms with Crippen LogP contribution in [0, 0.1) is 41.4 Å². The number of amides is 2. The van der Waals surface area contributed by atoms with Crippen LogP contribution in [-0.4, -0.2) is 28.7 Å². The van der Waals surface area contributed by atoms with Gasteiger partial charge in [-0.1, -0.05) is 25.8 Å². The Morgan fingerprint density at radius 3 is 2.72 bits per heavy atom. The van der Waals surface area contributed by atoms with Crippen LogP contribution in [0.3, 0.4) is 0 Å². The maximum Gasteiger partial charge on any atom is 0.239 e. The van der Waals surface area contributed by atoms with Gasteiger partial charge in [0.05, 0.1) is 0 Å². The topological polar surface area (TPSA) is 62.3 Å². The molecule has 1 unspecified atom stereocenters. The van der Waals surface area contributed by atoms with Crippen molar-refractivity contribution in [2.75, 3.05) is 12.4 Å². The van der Waals surface area contributed by atoms with Crippen LogP contribution in [0.2, 0.25) is 0 Å². The number of aromatic nitrogens is 1. The van der Waals surface area contributed by atoms with Crippen LogP contribution in [-0.2, 0) is 9.59 Å². The van der Waals surface area contributed by atoms with E-state index in [2.05, 4.69) is 31.1 Å². The quantitative estimate of drug-likeness (QED) is 0.639. The number of carbonyl (C=O) groups excluding carboxylic acids is 2. The normalized spacial score (nSPS) is 38.8. The molecule has 2 saturated carbocycles. The van der Waals surface area contributed by atoms with E-state index in [0.717, 1.165) is 17.9 Å². The highest BCUT2D eigenvalue weighted by molar-refractivity contribution is 6.07. The van der Waals surface area contributed by atoms with Crippen molar-refractivity contribution in [1.29, 1.82) is 0 Å². The van der Waals surface area contributed by atoms with Crippen LogP contribution in [0.4, 0.5) is 5.82 Å². The number of nitrogens with one attached hydrogen (secondary N) is 1. The number of piperidine rings is 1. The summed E-state index contributed by atoms with van der Waals surface area (Å²) in [5.41, 5.74) is 3.94. The van der Waals surface area contributed by atoms with Gasteiger partial charge in [-0.25, -0.2) is 4.98 Å². The van der Waals surface area contributed by atoms with Crippen molar-refractivity contribution in [3.8, 4) is 0 Å². The lowest BCUT2D eigenvalue weighted by Gasteiger charge is -2.59. The van der Waals surface area contributed by atoms with Gasteiger partial charge in [0.1, 0.15) is 11.7 Å². The molecule has 3 fully saturated rings. The average molecular weight is 436 g/mol. The largest absolute Gasteiger partial charge is 0.318 e. The third-order valence-corrected chi connectivity index (χ3v) is 9.60. The first kappa shape index (κ1) is 21.7. The molecule has 0 radical (unpaired) electrons. The summed E-state index contributed by atoms with van der Waals surface area (Å²) >= 11 is 0. The molecule has 2 amide bonds. The predicted molar refractivity (Wildman–Crippen MR) is 126 cm³/mol. The van der Waals surface area contributed by atoms with E-state index in [4.69, 9.17) is 0 Å². The Morgan fingerprint density at radius 2 is 1.97 bits per heavy atom. The van der Waals surface area contributed by atoms with Crippen molar-refractivity contribution >= 4 is 17.6 Å². The van der Waals surface area contributed by atoms with E-state index >= 15 is 0 Å². The Balaban J connectivity index is 1.48. The minimum absolute atomic E-state index is 0.0815. The van der Waals surface area contributed by atoms with Crippen LogP contribution in [0.15, 0.2) is 29.6 Å². The monoisotopic (exact) mass is 435 g/mol. The summed E-state index contributed by atoms with van der Waals surface area (Å²) in [6.07, 6.45) is 9.95. The van der Waals surface area contributed by atoms with Crippen LogP contribution in [0.1, 0.15) is 71.3 Å². The smallest absolute Gasteiger partial charge is 0.239 e. The molecule has 172 valence electrons. The molecule has 1 aromatic rings. The first-order valence-electron chi connectivity index (χ1n) is 12.4. The number of carbonyl (C=O) groups is 2. The number of hydrogen-bond acceptors (Lipinski definition) is 3. The van der Waals surface area contributed by atoms with E-state index in [0.29, 0.717) is 29.5 Å². The van der Waals surface area contributed by atoms with Crippen molar-refractivity contribution in [2.45, 2.75) is 72.6 Å². The molecule has 1 saturated heterocycles. The highest BCUT2D eigenvalue weighted by atomic mass is 16.2. The molecule has 0 aromatic carbocycles. The molecule has 1 aromatic heterocycles.